The molecule has 0 saturated heterocycles. The molecule has 0 saturated carbocycles. The van der Waals surface area contributed by atoms with Gasteiger partial charge in [0.05, 0.1) is 6.61 Å². The van der Waals surface area contributed by atoms with Gasteiger partial charge < -0.3 is 5.11 Å². The van der Waals surface area contributed by atoms with Crippen LogP contribution in [0.15, 0.2) is 30.3 Å². The Bertz CT molecular complexity index is 501. The lowest BCUT2D eigenvalue weighted by Gasteiger charge is -2.32. The molecule has 120 valence electrons. The first kappa shape index (κ1) is 18.1. The minimum absolute atomic E-state index is 0.0830. The Morgan fingerprint density at radius 3 is 2.19 bits per heavy atom. The molecule has 0 aliphatic carbocycles. The van der Waals surface area contributed by atoms with Gasteiger partial charge in [0, 0.05) is 26.2 Å². The van der Waals surface area contributed by atoms with Gasteiger partial charge in [-0.1, -0.05) is 44.2 Å². The highest BCUT2D eigenvalue weighted by Crippen LogP contribution is 2.18. The van der Waals surface area contributed by atoms with Crippen molar-refractivity contribution in [1.29, 1.82) is 0 Å². The number of aliphatic hydroxyl groups is 1. The molecule has 0 aromatic heterocycles. The summed E-state index contributed by atoms with van der Waals surface area (Å²) >= 11 is 0. The van der Waals surface area contributed by atoms with Crippen LogP contribution in [-0.4, -0.2) is 48.4 Å². The summed E-state index contributed by atoms with van der Waals surface area (Å²) in [5.41, 5.74) is 0.942. The molecule has 0 bridgehead atoms. The zero-order valence-corrected chi connectivity index (χ0v) is 13.9. The summed E-state index contributed by atoms with van der Waals surface area (Å²) in [4.78, 5) is 0. The topological polar surface area (TPSA) is 60.9 Å². The van der Waals surface area contributed by atoms with Crippen LogP contribution in [0, 0.1) is 0 Å². The number of rotatable bonds is 9. The number of benzene rings is 1. The van der Waals surface area contributed by atoms with E-state index in [2.05, 4.69) is 0 Å². The Hall–Kier alpha value is -0.950. The van der Waals surface area contributed by atoms with Crippen LogP contribution < -0.4 is 0 Å². The predicted octanol–water partition coefficient (Wildman–Crippen LogP) is 1.85. The lowest BCUT2D eigenvalue weighted by Crippen LogP contribution is -2.48. The molecule has 6 heteroatoms. The van der Waals surface area contributed by atoms with Crippen molar-refractivity contribution >= 4 is 10.2 Å². The number of nitrogens with zero attached hydrogens (tertiary/aromatic N) is 2. The van der Waals surface area contributed by atoms with Crippen LogP contribution >= 0.6 is 0 Å². The third-order valence-corrected chi connectivity index (χ3v) is 5.60. The lowest BCUT2D eigenvalue weighted by atomic mass is 10.2. The van der Waals surface area contributed by atoms with E-state index in [-0.39, 0.29) is 19.2 Å². The maximum absolute atomic E-state index is 12.7. The van der Waals surface area contributed by atoms with Gasteiger partial charge in [-0.15, -0.1) is 0 Å². The van der Waals surface area contributed by atoms with Gasteiger partial charge >= 0.3 is 0 Å². The van der Waals surface area contributed by atoms with Gasteiger partial charge in [0.2, 0.25) is 0 Å². The van der Waals surface area contributed by atoms with Crippen LogP contribution in [0.1, 0.15) is 32.3 Å². The van der Waals surface area contributed by atoms with Gasteiger partial charge in [-0.2, -0.15) is 17.0 Å². The Morgan fingerprint density at radius 2 is 1.71 bits per heavy atom. The van der Waals surface area contributed by atoms with Crippen LogP contribution in [0.3, 0.4) is 0 Å². The van der Waals surface area contributed by atoms with Gasteiger partial charge in [-0.05, 0) is 18.4 Å². The first-order chi connectivity index (χ1) is 9.97. The Balaban J connectivity index is 2.93. The molecule has 0 fully saturated rings. The quantitative estimate of drug-likeness (QED) is 0.756. The molecule has 5 nitrogen and oxygen atoms in total. The third kappa shape index (κ3) is 4.78. The summed E-state index contributed by atoms with van der Waals surface area (Å²) < 4.78 is 28.2. The maximum atomic E-state index is 12.7. The van der Waals surface area contributed by atoms with Crippen LogP contribution in [0.25, 0.3) is 0 Å². The fraction of sp³-hybridized carbons (Fsp3) is 0.600. The van der Waals surface area contributed by atoms with Crippen molar-refractivity contribution in [2.45, 2.75) is 39.3 Å². The second-order valence-corrected chi connectivity index (χ2v) is 7.04. The molecule has 0 amide bonds. The maximum Gasteiger partial charge on any atom is 0.282 e. The molecule has 1 aromatic carbocycles. The molecule has 0 atom stereocenters. The largest absolute Gasteiger partial charge is 0.395 e. The van der Waals surface area contributed by atoms with Crippen molar-refractivity contribution < 1.29 is 13.5 Å². The summed E-state index contributed by atoms with van der Waals surface area (Å²) in [6.07, 6.45) is 1.46. The van der Waals surface area contributed by atoms with Crippen molar-refractivity contribution in [3.63, 3.8) is 0 Å². The van der Waals surface area contributed by atoms with Crippen molar-refractivity contribution in [2.75, 3.05) is 20.2 Å². The Kier molecular flexibility index (Phi) is 7.31. The smallest absolute Gasteiger partial charge is 0.282 e. The molecule has 0 aliphatic heterocycles. The van der Waals surface area contributed by atoms with Crippen molar-refractivity contribution in [1.82, 2.24) is 8.61 Å². The van der Waals surface area contributed by atoms with E-state index in [0.717, 1.165) is 18.4 Å². The highest BCUT2D eigenvalue weighted by atomic mass is 32.2. The fourth-order valence-corrected chi connectivity index (χ4v) is 4.04. The van der Waals surface area contributed by atoms with E-state index in [0.29, 0.717) is 6.54 Å². The zero-order valence-electron chi connectivity index (χ0n) is 13.1. The molecule has 0 unspecified atom stereocenters. The van der Waals surface area contributed by atoms with E-state index < -0.39 is 10.2 Å². The highest BCUT2D eigenvalue weighted by molar-refractivity contribution is 7.86. The molecule has 21 heavy (non-hydrogen) atoms. The fourth-order valence-electron chi connectivity index (χ4n) is 2.38. The van der Waals surface area contributed by atoms with Crippen LogP contribution in [0.5, 0.6) is 0 Å². The van der Waals surface area contributed by atoms with E-state index in [4.69, 9.17) is 0 Å². The monoisotopic (exact) mass is 314 g/mol. The number of hydrogen-bond donors (Lipinski definition) is 1. The molecule has 0 aliphatic rings. The summed E-state index contributed by atoms with van der Waals surface area (Å²) in [5, 5.41) is 9.19. The molecule has 1 rings (SSSR count). The Labute approximate surface area is 128 Å². The number of aliphatic hydroxyl groups excluding tert-OH is 1. The van der Waals surface area contributed by atoms with E-state index >= 15 is 0 Å². The van der Waals surface area contributed by atoms with E-state index in [1.165, 1.54) is 8.61 Å². The van der Waals surface area contributed by atoms with E-state index in [1.54, 1.807) is 7.05 Å². The van der Waals surface area contributed by atoms with E-state index in [1.807, 2.05) is 44.2 Å². The summed E-state index contributed by atoms with van der Waals surface area (Å²) in [7, 11) is -2.00. The second-order valence-electron chi connectivity index (χ2n) is 5.05. The van der Waals surface area contributed by atoms with Crippen LogP contribution in [0.2, 0.25) is 0 Å². The van der Waals surface area contributed by atoms with Crippen LogP contribution in [-0.2, 0) is 16.8 Å². The number of hydrogen-bond acceptors (Lipinski definition) is 3. The second kappa shape index (κ2) is 8.48. The average Bonchev–Trinajstić information content (AvgIpc) is 2.48. The summed E-state index contributed by atoms with van der Waals surface area (Å²) in [6.45, 7) is 4.21. The van der Waals surface area contributed by atoms with Crippen molar-refractivity contribution in [3.05, 3.63) is 35.9 Å². The zero-order chi connectivity index (χ0) is 15.9. The van der Waals surface area contributed by atoms with E-state index in [9.17, 15) is 13.5 Å². The van der Waals surface area contributed by atoms with Crippen LogP contribution in [0.4, 0.5) is 0 Å². The predicted molar refractivity (Wildman–Crippen MR) is 85.0 cm³/mol. The standard InChI is InChI=1S/C15H26N2O3S/c1-4-15(5-2)17(11-12-18)21(19,20)16(3)13-14-9-7-6-8-10-14/h6-10,15,18H,4-5,11-13H2,1-3H3. The summed E-state index contributed by atoms with van der Waals surface area (Å²) in [6, 6.07) is 9.41. The minimum atomic E-state index is -3.58. The van der Waals surface area contributed by atoms with Gasteiger partial charge in [0.1, 0.15) is 0 Å². The average molecular weight is 314 g/mol. The highest BCUT2D eigenvalue weighted by Gasteiger charge is 2.31. The molecular formula is C15H26N2O3S. The molecule has 0 spiro atoms. The molecular weight excluding hydrogens is 288 g/mol. The molecule has 1 N–H and O–H groups in total. The molecule has 0 radical (unpaired) electrons. The third-order valence-electron chi connectivity index (χ3n) is 3.61. The van der Waals surface area contributed by atoms with Gasteiger partial charge in [0.15, 0.2) is 0 Å². The minimum Gasteiger partial charge on any atom is -0.395 e. The first-order valence-electron chi connectivity index (χ1n) is 7.35. The molecule has 0 heterocycles. The van der Waals surface area contributed by atoms with Crippen molar-refractivity contribution in [2.24, 2.45) is 0 Å². The van der Waals surface area contributed by atoms with Gasteiger partial charge in [-0.25, -0.2) is 0 Å². The van der Waals surface area contributed by atoms with Gasteiger partial charge in [0.25, 0.3) is 10.2 Å². The molecule has 1 aromatic rings. The SMILES string of the molecule is CCC(CC)N(CCO)S(=O)(=O)N(C)Cc1ccccc1. The normalized spacial score (nSPS) is 12.5. The summed E-state index contributed by atoms with van der Waals surface area (Å²) in [5.74, 6) is 0. The lowest BCUT2D eigenvalue weighted by molar-refractivity contribution is 0.210. The van der Waals surface area contributed by atoms with Crippen molar-refractivity contribution in [3.8, 4) is 0 Å². The first-order valence-corrected chi connectivity index (χ1v) is 8.74. The van der Waals surface area contributed by atoms with Gasteiger partial charge in [-0.3, -0.25) is 0 Å². The Morgan fingerprint density at radius 1 is 1.14 bits per heavy atom.